The molecule has 1 heterocycles. The van der Waals surface area contributed by atoms with Gasteiger partial charge in [-0.2, -0.15) is 0 Å². The summed E-state index contributed by atoms with van der Waals surface area (Å²) in [4.78, 5) is 16.2. The zero-order valence-electron chi connectivity index (χ0n) is 12.0. The van der Waals surface area contributed by atoms with Crippen LogP contribution in [0.1, 0.15) is 55.5 Å². The smallest absolute Gasteiger partial charge is 0.273 e. The number of aliphatic hydroxyl groups excluding tert-OH is 1. The molecule has 0 bridgehead atoms. The molecule has 0 saturated heterocycles. The third-order valence-corrected chi connectivity index (χ3v) is 4.29. The van der Waals surface area contributed by atoms with E-state index < -0.39 is 6.04 Å². The Balaban J connectivity index is 1.99. The first-order valence-electron chi connectivity index (χ1n) is 7.15. The molecule has 4 unspecified atom stereocenters. The Labute approximate surface area is 118 Å². The van der Waals surface area contributed by atoms with E-state index in [0.717, 1.165) is 12.8 Å². The number of rotatable bonds is 4. The lowest BCUT2D eigenvalue weighted by Crippen LogP contribution is -2.43. The van der Waals surface area contributed by atoms with E-state index in [1.165, 1.54) is 12.7 Å². The minimum atomic E-state index is -0.690. The van der Waals surface area contributed by atoms with Gasteiger partial charge in [0.2, 0.25) is 5.89 Å². The summed E-state index contributed by atoms with van der Waals surface area (Å²) < 4.78 is 5.12. The number of nitrogens with one attached hydrogen (secondary N) is 1. The highest BCUT2D eigenvalue weighted by Crippen LogP contribution is 2.29. The monoisotopic (exact) mass is 281 g/mol. The summed E-state index contributed by atoms with van der Waals surface area (Å²) >= 11 is 0. The molecule has 6 heteroatoms. The number of nitrogens with two attached hydrogens (primary N) is 1. The van der Waals surface area contributed by atoms with Gasteiger partial charge in [-0.1, -0.05) is 26.7 Å². The van der Waals surface area contributed by atoms with Crippen LogP contribution in [0, 0.1) is 11.8 Å². The van der Waals surface area contributed by atoms with E-state index in [4.69, 9.17) is 15.3 Å². The van der Waals surface area contributed by atoms with Crippen molar-refractivity contribution >= 4 is 5.91 Å². The molecule has 1 amide bonds. The van der Waals surface area contributed by atoms with Gasteiger partial charge >= 0.3 is 0 Å². The van der Waals surface area contributed by atoms with Crippen LogP contribution < -0.4 is 11.1 Å². The zero-order valence-corrected chi connectivity index (χ0v) is 12.0. The Morgan fingerprint density at radius 1 is 1.60 bits per heavy atom. The Morgan fingerprint density at radius 2 is 2.35 bits per heavy atom. The van der Waals surface area contributed by atoms with Crippen LogP contribution in [0.2, 0.25) is 0 Å². The lowest BCUT2D eigenvalue weighted by molar-refractivity contribution is 0.0886. The maximum Gasteiger partial charge on any atom is 0.273 e. The van der Waals surface area contributed by atoms with E-state index in [1.54, 1.807) is 0 Å². The van der Waals surface area contributed by atoms with Crippen molar-refractivity contribution in [1.82, 2.24) is 10.3 Å². The molecule has 1 aromatic heterocycles. The second-order valence-corrected chi connectivity index (χ2v) is 5.71. The van der Waals surface area contributed by atoms with E-state index in [2.05, 4.69) is 24.1 Å². The number of carbonyl (C=O) groups excluding carboxylic acids is 1. The van der Waals surface area contributed by atoms with Crippen molar-refractivity contribution in [2.75, 3.05) is 6.61 Å². The SMILES string of the molecule is CC1CCCC(NC(=O)c2coc(C(N)CO)n2)C1C. The number of aromatic nitrogens is 1. The number of amides is 1. The normalized spacial score (nSPS) is 28.1. The number of nitrogens with zero attached hydrogens (tertiary/aromatic N) is 1. The molecule has 0 aromatic carbocycles. The van der Waals surface area contributed by atoms with E-state index in [9.17, 15) is 4.79 Å². The fraction of sp³-hybridized carbons (Fsp3) is 0.714. The second kappa shape index (κ2) is 6.37. The van der Waals surface area contributed by atoms with Crippen LogP contribution in [-0.4, -0.2) is 28.6 Å². The van der Waals surface area contributed by atoms with Crippen LogP contribution in [0.5, 0.6) is 0 Å². The fourth-order valence-corrected chi connectivity index (χ4v) is 2.67. The number of carbonyl (C=O) groups is 1. The molecule has 0 aliphatic heterocycles. The van der Waals surface area contributed by atoms with Crippen molar-refractivity contribution in [2.45, 2.75) is 45.2 Å². The fourth-order valence-electron chi connectivity index (χ4n) is 2.67. The second-order valence-electron chi connectivity index (χ2n) is 5.71. The summed E-state index contributed by atoms with van der Waals surface area (Å²) in [6, 6.07) is -0.511. The Morgan fingerprint density at radius 3 is 3.05 bits per heavy atom. The van der Waals surface area contributed by atoms with E-state index in [0.29, 0.717) is 11.8 Å². The van der Waals surface area contributed by atoms with Crippen LogP contribution >= 0.6 is 0 Å². The number of hydrogen-bond donors (Lipinski definition) is 3. The minimum Gasteiger partial charge on any atom is -0.446 e. The van der Waals surface area contributed by atoms with Crippen molar-refractivity contribution in [3.63, 3.8) is 0 Å². The van der Waals surface area contributed by atoms with Gasteiger partial charge in [0.1, 0.15) is 12.3 Å². The summed E-state index contributed by atoms with van der Waals surface area (Å²) in [5.41, 5.74) is 5.81. The molecule has 20 heavy (non-hydrogen) atoms. The van der Waals surface area contributed by atoms with Gasteiger partial charge in [0.25, 0.3) is 5.91 Å². The molecule has 2 rings (SSSR count). The van der Waals surface area contributed by atoms with E-state index in [-0.39, 0.29) is 30.1 Å². The van der Waals surface area contributed by atoms with Crippen LogP contribution in [0.3, 0.4) is 0 Å². The van der Waals surface area contributed by atoms with Gasteiger partial charge in [-0.3, -0.25) is 4.79 Å². The summed E-state index contributed by atoms with van der Waals surface area (Å²) in [7, 11) is 0. The van der Waals surface area contributed by atoms with Crippen molar-refractivity contribution in [3.05, 3.63) is 17.8 Å². The van der Waals surface area contributed by atoms with Gasteiger partial charge in [-0.25, -0.2) is 4.98 Å². The summed E-state index contributed by atoms with van der Waals surface area (Å²) in [5.74, 6) is 1.02. The molecule has 1 aliphatic carbocycles. The van der Waals surface area contributed by atoms with Crippen molar-refractivity contribution in [3.8, 4) is 0 Å². The molecule has 1 fully saturated rings. The van der Waals surface area contributed by atoms with Crippen LogP contribution in [-0.2, 0) is 0 Å². The minimum absolute atomic E-state index is 0.179. The maximum atomic E-state index is 12.2. The Kier molecular flexibility index (Phi) is 4.77. The molecule has 1 aliphatic rings. The summed E-state index contributed by atoms with van der Waals surface area (Å²) in [5, 5.41) is 12.0. The average molecular weight is 281 g/mol. The number of aliphatic hydroxyl groups is 1. The topological polar surface area (TPSA) is 101 Å². The standard InChI is InChI=1S/C14H23N3O3/c1-8-4-3-5-11(9(8)2)16-13(19)12-7-20-14(17-12)10(15)6-18/h7-11,18H,3-6,15H2,1-2H3,(H,16,19). The van der Waals surface area contributed by atoms with E-state index in [1.807, 2.05) is 0 Å². The molecular formula is C14H23N3O3. The van der Waals surface area contributed by atoms with Gasteiger partial charge in [0, 0.05) is 6.04 Å². The first-order chi connectivity index (χ1) is 9.52. The number of hydrogen-bond acceptors (Lipinski definition) is 5. The van der Waals surface area contributed by atoms with E-state index >= 15 is 0 Å². The molecule has 0 radical (unpaired) electrons. The van der Waals surface area contributed by atoms with Crippen LogP contribution in [0.15, 0.2) is 10.7 Å². The van der Waals surface area contributed by atoms with Gasteiger partial charge in [-0.15, -0.1) is 0 Å². The first kappa shape index (κ1) is 15.0. The average Bonchev–Trinajstić information content (AvgIpc) is 2.93. The molecule has 1 saturated carbocycles. The molecule has 0 spiro atoms. The first-order valence-corrected chi connectivity index (χ1v) is 7.15. The predicted molar refractivity (Wildman–Crippen MR) is 74.0 cm³/mol. The molecule has 1 aromatic rings. The van der Waals surface area contributed by atoms with Crippen LogP contribution in [0.4, 0.5) is 0 Å². The lowest BCUT2D eigenvalue weighted by Gasteiger charge is -2.34. The molecule has 112 valence electrons. The Hall–Kier alpha value is -1.40. The maximum absolute atomic E-state index is 12.2. The van der Waals surface area contributed by atoms with Crippen molar-refractivity contribution in [2.24, 2.45) is 17.6 Å². The van der Waals surface area contributed by atoms with Crippen molar-refractivity contribution in [1.29, 1.82) is 0 Å². The summed E-state index contributed by atoms with van der Waals surface area (Å²) in [6.45, 7) is 4.13. The highest BCUT2D eigenvalue weighted by atomic mass is 16.3. The number of oxazole rings is 1. The Bertz CT molecular complexity index is 460. The lowest BCUT2D eigenvalue weighted by atomic mass is 9.78. The van der Waals surface area contributed by atoms with Gasteiger partial charge in [-0.05, 0) is 18.3 Å². The largest absolute Gasteiger partial charge is 0.446 e. The highest BCUT2D eigenvalue weighted by Gasteiger charge is 2.29. The van der Waals surface area contributed by atoms with Crippen molar-refractivity contribution < 1.29 is 14.3 Å². The van der Waals surface area contributed by atoms with Crippen LogP contribution in [0.25, 0.3) is 0 Å². The quantitative estimate of drug-likeness (QED) is 0.770. The molecule has 4 N–H and O–H groups in total. The predicted octanol–water partition coefficient (Wildman–Crippen LogP) is 1.22. The third-order valence-electron chi connectivity index (χ3n) is 4.29. The van der Waals surface area contributed by atoms with Gasteiger partial charge in [0.15, 0.2) is 5.69 Å². The molecular weight excluding hydrogens is 258 g/mol. The molecule has 6 nitrogen and oxygen atoms in total. The highest BCUT2D eigenvalue weighted by molar-refractivity contribution is 5.92. The van der Waals surface area contributed by atoms with Gasteiger partial charge < -0.3 is 20.6 Å². The molecule has 4 atom stereocenters. The van der Waals surface area contributed by atoms with Gasteiger partial charge in [0.05, 0.1) is 6.61 Å². The zero-order chi connectivity index (χ0) is 14.7. The summed E-state index contributed by atoms with van der Waals surface area (Å²) in [6.07, 6.45) is 4.64. The third kappa shape index (κ3) is 3.19.